The van der Waals surface area contributed by atoms with Gasteiger partial charge in [-0.05, 0) is 64.8 Å². The second-order valence-corrected chi connectivity index (χ2v) is 11.9. The van der Waals surface area contributed by atoms with Crippen molar-refractivity contribution in [2.75, 3.05) is 0 Å². The fraction of sp³-hybridized carbons (Fsp3) is 0.231. The van der Waals surface area contributed by atoms with Gasteiger partial charge in [0.15, 0.2) is 0 Å². The van der Waals surface area contributed by atoms with Crippen molar-refractivity contribution in [1.82, 2.24) is 0 Å². The molecule has 2 heteroatoms. The molecule has 1 heterocycles. The van der Waals surface area contributed by atoms with Gasteiger partial charge in [0.05, 0.1) is 0 Å². The van der Waals surface area contributed by atoms with Gasteiger partial charge in [-0.2, -0.15) is 0 Å². The van der Waals surface area contributed by atoms with Crippen LogP contribution in [0.1, 0.15) is 27.7 Å². The lowest BCUT2D eigenvalue weighted by atomic mass is 9.92. The van der Waals surface area contributed by atoms with Gasteiger partial charge in [-0.15, -0.1) is 0 Å². The monoisotopic (exact) mass is 384 g/mol. The molecule has 0 aliphatic carbocycles. The largest absolute Gasteiger partial charge is 0.485 e. The molecule has 1 nitrogen and oxygen atoms in total. The topological polar surface area (TPSA) is 9.23 Å². The van der Waals surface area contributed by atoms with E-state index in [0.717, 1.165) is 5.75 Å². The molecule has 0 spiro atoms. The number of fused-ring (bicyclic) bond motifs is 3. The molecule has 4 aromatic carbocycles. The van der Waals surface area contributed by atoms with E-state index in [-0.39, 0.29) is 11.0 Å². The molecule has 0 saturated heterocycles. The lowest BCUT2D eigenvalue weighted by Gasteiger charge is -2.31. The number of ether oxygens (including phenoxy) is 1. The van der Waals surface area contributed by atoms with Crippen LogP contribution in [0.15, 0.2) is 72.8 Å². The summed E-state index contributed by atoms with van der Waals surface area (Å²) < 4.78 is 6.36. The molecule has 0 amide bonds. The Kier molecular flexibility index (Phi) is 4.00. The van der Waals surface area contributed by atoms with Crippen LogP contribution in [0.5, 0.6) is 5.75 Å². The Bertz CT molecular complexity index is 1150. The maximum Gasteiger partial charge on any atom is 0.128 e. The summed E-state index contributed by atoms with van der Waals surface area (Å²) in [6, 6.07) is 26.4. The average molecular weight is 384 g/mol. The van der Waals surface area contributed by atoms with Crippen LogP contribution in [0.2, 0.25) is 0 Å². The van der Waals surface area contributed by atoms with Crippen LogP contribution in [-0.2, 0) is 0 Å². The summed E-state index contributed by atoms with van der Waals surface area (Å²) in [5.41, 5.74) is 2.69. The molecule has 0 saturated carbocycles. The van der Waals surface area contributed by atoms with Crippen molar-refractivity contribution in [1.29, 1.82) is 0 Å². The summed E-state index contributed by atoms with van der Waals surface area (Å²) >= 11 is 0. The second kappa shape index (κ2) is 6.33. The predicted octanol–water partition coefficient (Wildman–Crippen LogP) is 7.30. The quantitative estimate of drug-likeness (QED) is 0.247. The van der Waals surface area contributed by atoms with Crippen LogP contribution in [0.3, 0.4) is 0 Å². The van der Waals surface area contributed by atoms with Gasteiger partial charge in [0.2, 0.25) is 0 Å². The molecule has 0 aromatic heterocycles. The number of rotatable bonds is 1. The number of hydrogen-bond donors (Lipinski definition) is 0. The van der Waals surface area contributed by atoms with Crippen molar-refractivity contribution in [2.45, 2.75) is 38.7 Å². The molecule has 0 fully saturated rings. The van der Waals surface area contributed by atoms with Crippen molar-refractivity contribution in [3.8, 4) is 16.9 Å². The van der Waals surface area contributed by atoms with E-state index in [1.165, 1.54) is 38.0 Å². The fourth-order valence-corrected chi connectivity index (χ4v) is 7.83. The van der Waals surface area contributed by atoms with Crippen LogP contribution >= 0.6 is 7.92 Å². The van der Waals surface area contributed by atoms with Gasteiger partial charge in [-0.1, -0.05) is 81.4 Å². The molecule has 5 rings (SSSR count). The van der Waals surface area contributed by atoms with Crippen LogP contribution in [-0.4, -0.2) is 11.0 Å². The highest BCUT2D eigenvalue weighted by Crippen LogP contribution is 2.60. The molecule has 4 aromatic rings. The minimum absolute atomic E-state index is 0.191. The highest BCUT2D eigenvalue weighted by molar-refractivity contribution is 7.68. The molecule has 28 heavy (non-hydrogen) atoms. The van der Waals surface area contributed by atoms with E-state index in [2.05, 4.69) is 100 Å². The third kappa shape index (κ3) is 2.65. The van der Waals surface area contributed by atoms with Gasteiger partial charge in [0, 0.05) is 5.30 Å². The molecular weight excluding hydrogens is 359 g/mol. The van der Waals surface area contributed by atoms with E-state index >= 15 is 0 Å². The molecule has 0 radical (unpaired) electrons. The van der Waals surface area contributed by atoms with Crippen LogP contribution < -0.4 is 10.0 Å². The van der Waals surface area contributed by atoms with E-state index < -0.39 is 7.92 Å². The molecule has 1 aliphatic rings. The minimum atomic E-state index is -0.441. The molecule has 2 atom stereocenters. The van der Waals surface area contributed by atoms with Crippen LogP contribution in [0, 0.1) is 0 Å². The zero-order valence-electron chi connectivity index (χ0n) is 16.9. The molecule has 1 aliphatic heterocycles. The van der Waals surface area contributed by atoms with Crippen molar-refractivity contribution >= 4 is 34.8 Å². The fourth-order valence-electron chi connectivity index (χ4n) is 4.67. The van der Waals surface area contributed by atoms with Gasteiger partial charge in [-0.25, -0.2) is 0 Å². The molecular formula is C26H25OP. The average Bonchev–Trinajstić information content (AvgIpc) is 3.02. The minimum Gasteiger partial charge on any atom is -0.485 e. The third-order valence-electron chi connectivity index (χ3n) is 5.66. The first-order valence-electron chi connectivity index (χ1n) is 9.95. The van der Waals surface area contributed by atoms with Gasteiger partial charge in [-0.3, -0.25) is 0 Å². The first kappa shape index (κ1) is 17.7. The maximum atomic E-state index is 6.36. The number of hydrogen-bond acceptors (Lipinski definition) is 1. The van der Waals surface area contributed by atoms with Crippen LogP contribution in [0.25, 0.3) is 32.7 Å². The van der Waals surface area contributed by atoms with Gasteiger partial charge < -0.3 is 4.74 Å². The van der Waals surface area contributed by atoms with Gasteiger partial charge in [0.25, 0.3) is 0 Å². The Hall–Kier alpha value is -2.37. The SMILES string of the molecule is C[C@@H]1Oc2cccc(-c3c4ccccc4cc4ccccc34)c2P1C(C)(C)C. The summed E-state index contributed by atoms with van der Waals surface area (Å²) in [7, 11) is -0.441. The van der Waals surface area contributed by atoms with E-state index in [9.17, 15) is 0 Å². The zero-order valence-corrected chi connectivity index (χ0v) is 17.8. The Morgan fingerprint density at radius 3 is 2.00 bits per heavy atom. The van der Waals surface area contributed by atoms with Crippen molar-refractivity contribution < 1.29 is 4.74 Å². The van der Waals surface area contributed by atoms with E-state index in [1.54, 1.807) is 0 Å². The molecule has 0 N–H and O–H groups in total. The van der Waals surface area contributed by atoms with Gasteiger partial charge in [0.1, 0.15) is 11.6 Å². The van der Waals surface area contributed by atoms with Gasteiger partial charge >= 0.3 is 0 Å². The van der Waals surface area contributed by atoms with E-state index in [1.807, 2.05) is 0 Å². The van der Waals surface area contributed by atoms with Crippen molar-refractivity contribution in [3.05, 3.63) is 72.8 Å². The molecule has 0 bridgehead atoms. The zero-order chi connectivity index (χ0) is 19.5. The normalized spacial score (nSPS) is 19.0. The summed E-state index contributed by atoms with van der Waals surface area (Å²) in [6.07, 6.45) is 0. The lowest BCUT2D eigenvalue weighted by molar-refractivity contribution is 0.313. The second-order valence-electron chi connectivity index (χ2n) is 8.60. The standard InChI is InChI=1S/C26H25OP/c1-17-27-23-15-9-14-22(25(23)28(17)26(2,3)4)24-20-12-7-5-10-18(20)16-19-11-6-8-13-21(19)24/h5-17H,1-4H3/t17-,28?/m1/s1. The Balaban J connectivity index is 1.92. The number of benzene rings is 4. The summed E-state index contributed by atoms with van der Waals surface area (Å²) in [5.74, 6) is 1.32. The highest BCUT2D eigenvalue weighted by Gasteiger charge is 2.41. The van der Waals surface area contributed by atoms with Crippen molar-refractivity contribution in [2.24, 2.45) is 0 Å². The first-order chi connectivity index (χ1) is 13.4. The third-order valence-corrected chi connectivity index (χ3v) is 8.89. The molecule has 140 valence electrons. The lowest BCUT2D eigenvalue weighted by Crippen LogP contribution is -2.22. The first-order valence-corrected chi connectivity index (χ1v) is 11.4. The van der Waals surface area contributed by atoms with E-state index in [0.29, 0.717) is 0 Å². The Morgan fingerprint density at radius 2 is 1.39 bits per heavy atom. The highest BCUT2D eigenvalue weighted by atomic mass is 31.1. The smallest absolute Gasteiger partial charge is 0.128 e. The van der Waals surface area contributed by atoms with Crippen LogP contribution in [0.4, 0.5) is 0 Å². The van der Waals surface area contributed by atoms with E-state index in [4.69, 9.17) is 4.74 Å². The molecule has 1 unspecified atom stereocenters. The summed E-state index contributed by atoms with van der Waals surface area (Å²) in [4.78, 5) is 0. The predicted molar refractivity (Wildman–Crippen MR) is 123 cm³/mol. The Morgan fingerprint density at radius 1 is 0.786 bits per heavy atom. The summed E-state index contributed by atoms with van der Waals surface area (Å²) in [5, 5.41) is 6.84. The maximum absolute atomic E-state index is 6.36. The van der Waals surface area contributed by atoms with Crippen molar-refractivity contribution in [3.63, 3.8) is 0 Å². The Labute approximate surface area is 168 Å². The summed E-state index contributed by atoms with van der Waals surface area (Å²) in [6.45, 7) is 9.30.